The lowest BCUT2D eigenvalue weighted by atomic mass is 10.1. The van der Waals surface area contributed by atoms with E-state index in [9.17, 15) is 4.79 Å². The first-order valence-corrected chi connectivity index (χ1v) is 3.84. The van der Waals surface area contributed by atoms with E-state index in [1.54, 1.807) is 19.1 Å². The molecule has 0 saturated heterocycles. The lowest BCUT2D eigenvalue weighted by Crippen LogP contribution is -2.40. The summed E-state index contributed by atoms with van der Waals surface area (Å²) in [5.74, 6) is 0.595. The first kappa shape index (κ1) is 7.16. The molecule has 0 spiro atoms. The molecule has 0 aromatic heterocycles. The molecule has 2 rings (SSSR count). The number of benzene rings is 1. The molecule has 1 heterocycles. The summed E-state index contributed by atoms with van der Waals surface area (Å²) < 4.78 is 5.37. The van der Waals surface area contributed by atoms with Gasteiger partial charge in [0.05, 0.1) is 5.56 Å². The van der Waals surface area contributed by atoms with Gasteiger partial charge in [-0.1, -0.05) is 12.1 Å². The average Bonchev–Trinajstić information content (AvgIpc) is 2.04. The average molecular weight is 163 g/mol. The van der Waals surface area contributed by atoms with Gasteiger partial charge in [-0.05, 0) is 19.1 Å². The Labute approximate surface area is 70.3 Å². The van der Waals surface area contributed by atoms with Crippen LogP contribution in [0.25, 0.3) is 0 Å². The molecule has 1 aliphatic heterocycles. The molecule has 1 aliphatic rings. The van der Waals surface area contributed by atoms with Crippen LogP contribution < -0.4 is 10.1 Å². The molecule has 1 atom stereocenters. The van der Waals surface area contributed by atoms with Gasteiger partial charge in [-0.25, -0.2) is 0 Å². The fraction of sp³-hybridized carbons (Fsp3) is 0.222. The van der Waals surface area contributed by atoms with Gasteiger partial charge in [0.2, 0.25) is 0 Å². The Morgan fingerprint density at radius 3 is 3.00 bits per heavy atom. The van der Waals surface area contributed by atoms with Crippen LogP contribution in [0.2, 0.25) is 0 Å². The first-order chi connectivity index (χ1) is 5.77. The van der Waals surface area contributed by atoms with Gasteiger partial charge in [0.1, 0.15) is 5.75 Å². The molecule has 3 heteroatoms. The van der Waals surface area contributed by atoms with Crippen molar-refractivity contribution in [1.29, 1.82) is 0 Å². The number of hydrogen-bond acceptors (Lipinski definition) is 2. The third kappa shape index (κ3) is 1.03. The number of fused-ring (bicyclic) bond motifs is 1. The van der Waals surface area contributed by atoms with E-state index in [4.69, 9.17) is 4.74 Å². The lowest BCUT2D eigenvalue weighted by molar-refractivity contribution is 0.0788. The van der Waals surface area contributed by atoms with Crippen molar-refractivity contribution in [1.82, 2.24) is 5.32 Å². The van der Waals surface area contributed by atoms with Crippen LogP contribution >= 0.6 is 0 Å². The lowest BCUT2D eigenvalue weighted by Gasteiger charge is -2.23. The van der Waals surface area contributed by atoms with Crippen molar-refractivity contribution in [2.24, 2.45) is 0 Å². The topological polar surface area (TPSA) is 38.3 Å². The van der Waals surface area contributed by atoms with Crippen molar-refractivity contribution in [3.63, 3.8) is 0 Å². The molecule has 1 aromatic carbocycles. The number of para-hydroxylation sites is 1. The molecule has 3 nitrogen and oxygen atoms in total. The fourth-order valence-electron chi connectivity index (χ4n) is 1.24. The molecule has 1 N–H and O–H groups in total. The summed E-state index contributed by atoms with van der Waals surface area (Å²) >= 11 is 0. The molecular weight excluding hydrogens is 154 g/mol. The molecular formula is C9H9NO2. The Balaban J connectivity index is 2.47. The smallest absolute Gasteiger partial charge is 0.257 e. The number of nitrogens with one attached hydrogen (secondary N) is 1. The Bertz CT molecular complexity index is 322. The van der Waals surface area contributed by atoms with Crippen molar-refractivity contribution >= 4 is 5.91 Å². The second kappa shape index (κ2) is 2.52. The molecule has 0 bridgehead atoms. The molecule has 62 valence electrons. The number of rotatable bonds is 0. The highest BCUT2D eigenvalue weighted by Crippen LogP contribution is 2.21. The van der Waals surface area contributed by atoms with Gasteiger partial charge >= 0.3 is 0 Å². The molecule has 12 heavy (non-hydrogen) atoms. The van der Waals surface area contributed by atoms with E-state index in [1.807, 2.05) is 12.1 Å². The number of amides is 1. The van der Waals surface area contributed by atoms with Crippen LogP contribution in [-0.4, -0.2) is 12.1 Å². The normalized spacial score (nSPS) is 20.8. The first-order valence-electron chi connectivity index (χ1n) is 3.84. The largest absolute Gasteiger partial charge is 0.470 e. The fourth-order valence-corrected chi connectivity index (χ4v) is 1.24. The predicted octanol–water partition coefficient (Wildman–Crippen LogP) is 1.15. The third-order valence-corrected chi connectivity index (χ3v) is 1.77. The minimum atomic E-state index is -0.229. The van der Waals surface area contributed by atoms with Gasteiger partial charge in [0.25, 0.3) is 5.91 Å². The Hall–Kier alpha value is -1.51. The number of carbonyl (C=O) groups excluding carboxylic acids is 1. The van der Waals surface area contributed by atoms with Gasteiger partial charge in [-0.15, -0.1) is 0 Å². The maximum absolute atomic E-state index is 11.3. The highest BCUT2D eigenvalue weighted by Gasteiger charge is 2.20. The summed E-state index contributed by atoms with van der Waals surface area (Å²) in [5.41, 5.74) is 0.607. The number of carbonyl (C=O) groups is 1. The van der Waals surface area contributed by atoms with Gasteiger partial charge in [0.15, 0.2) is 6.23 Å². The predicted molar refractivity (Wildman–Crippen MR) is 44.0 cm³/mol. The van der Waals surface area contributed by atoms with Crippen LogP contribution in [0.15, 0.2) is 24.3 Å². The summed E-state index contributed by atoms with van der Waals surface area (Å²) in [6, 6.07) is 7.21. The molecule has 1 aromatic rings. The summed E-state index contributed by atoms with van der Waals surface area (Å²) in [6.45, 7) is 1.80. The van der Waals surface area contributed by atoms with Crippen molar-refractivity contribution in [2.45, 2.75) is 13.2 Å². The summed E-state index contributed by atoms with van der Waals surface area (Å²) in [5, 5.41) is 2.67. The zero-order valence-corrected chi connectivity index (χ0v) is 6.70. The van der Waals surface area contributed by atoms with Gasteiger partial charge in [-0.3, -0.25) is 4.79 Å². The van der Waals surface area contributed by atoms with E-state index in [0.717, 1.165) is 0 Å². The summed E-state index contributed by atoms with van der Waals surface area (Å²) in [6.07, 6.45) is -0.229. The van der Waals surface area contributed by atoms with E-state index in [1.165, 1.54) is 0 Å². The maximum Gasteiger partial charge on any atom is 0.257 e. The van der Waals surface area contributed by atoms with E-state index in [2.05, 4.69) is 5.32 Å². The highest BCUT2D eigenvalue weighted by molar-refractivity contribution is 5.97. The highest BCUT2D eigenvalue weighted by atomic mass is 16.5. The summed E-state index contributed by atoms with van der Waals surface area (Å²) in [7, 11) is 0. The van der Waals surface area contributed by atoms with E-state index in [-0.39, 0.29) is 12.1 Å². The van der Waals surface area contributed by atoms with Crippen LogP contribution in [-0.2, 0) is 0 Å². The Kier molecular flexibility index (Phi) is 1.50. The zero-order valence-electron chi connectivity index (χ0n) is 6.70. The Morgan fingerprint density at radius 1 is 1.42 bits per heavy atom. The summed E-state index contributed by atoms with van der Waals surface area (Å²) in [4.78, 5) is 11.3. The Morgan fingerprint density at radius 2 is 2.17 bits per heavy atom. The molecule has 0 unspecified atom stereocenters. The second-order valence-corrected chi connectivity index (χ2v) is 2.73. The van der Waals surface area contributed by atoms with Gasteiger partial charge in [0, 0.05) is 0 Å². The standard InChI is InChI=1S/C9H9NO2/c1-6-10-9(11)7-4-2-3-5-8(7)12-6/h2-6H,1H3,(H,10,11)/t6-/m1/s1. The van der Waals surface area contributed by atoms with Crippen LogP contribution in [0.3, 0.4) is 0 Å². The minimum absolute atomic E-state index is 0.0654. The van der Waals surface area contributed by atoms with E-state index >= 15 is 0 Å². The van der Waals surface area contributed by atoms with Crippen molar-refractivity contribution in [3.05, 3.63) is 29.8 Å². The van der Waals surface area contributed by atoms with Crippen LogP contribution in [0.4, 0.5) is 0 Å². The monoisotopic (exact) mass is 163 g/mol. The zero-order chi connectivity index (χ0) is 8.55. The van der Waals surface area contributed by atoms with Crippen molar-refractivity contribution in [3.8, 4) is 5.75 Å². The third-order valence-electron chi connectivity index (χ3n) is 1.77. The number of hydrogen-bond donors (Lipinski definition) is 1. The molecule has 0 saturated carbocycles. The van der Waals surface area contributed by atoms with Crippen molar-refractivity contribution in [2.75, 3.05) is 0 Å². The van der Waals surface area contributed by atoms with Crippen LogP contribution in [0, 0.1) is 0 Å². The van der Waals surface area contributed by atoms with Crippen LogP contribution in [0.5, 0.6) is 5.75 Å². The van der Waals surface area contributed by atoms with E-state index < -0.39 is 0 Å². The maximum atomic E-state index is 11.3. The second-order valence-electron chi connectivity index (χ2n) is 2.73. The van der Waals surface area contributed by atoms with Gasteiger partial charge < -0.3 is 10.1 Å². The molecule has 1 amide bonds. The van der Waals surface area contributed by atoms with Crippen LogP contribution in [0.1, 0.15) is 17.3 Å². The quantitative estimate of drug-likeness (QED) is 0.623. The molecule has 0 fully saturated rings. The molecule has 0 radical (unpaired) electrons. The van der Waals surface area contributed by atoms with Crippen molar-refractivity contribution < 1.29 is 9.53 Å². The SMILES string of the molecule is C[C@@H]1NC(=O)c2ccccc2O1. The molecule has 0 aliphatic carbocycles. The van der Waals surface area contributed by atoms with E-state index in [0.29, 0.717) is 11.3 Å². The van der Waals surface area contributed by atoms with Gasteiger partial charge in [-0.2, -0.15) is 0 Å². The number of ether oxygens (including phenoxy) is 1. The minimum Gasteiger partial charge on any atom is -0.470 e.